The molecule has 1 heterocycles. The first kappa shape index (κ1) is 20.8. The Morgan fingerprint density at radius 1 is 0.964 bits per heavy atom. The Morgan fingerprint density at radius 2 is 1.61 bits per heavy atom. The standard InChI is InChI=1S/C22H29NO4P/c1-14(2)26-28(24,27-15(3)4)22-18-10-8-16(5)12-20(18)25-21-13-17(23(6)7)9-11-19(21)22/h8-15H,1-7H3/q+1. The number of aryl methyl sites for hydroxylation is 1. The molecule has 150 valence electrons. The molecular formula is C22H29NO4P+. The van der Waals surface area contributed by atoms with Crippen molar-refractivity contribution in [3.05, 3.63) is 47.3 Å². The lowest BCUT2D eigenvalue weighted by Crippen LogP contribution is -2.24. The monoisotopic (exact) mass is 402 g/mol. The number of hydrogen-bond donors (Lipinski definition) is 0. The van der Waals surface area contributed by atoms with Crippen molar-refractivity contribution in [2.75, 3.05) is 14.1 Å². The molecule has 0 N–H and O–H groups in total. The van der Waals surface area contributed by atoms with E-state index in [1.807, 2.05) is 89.7 Å². The van der Waals surface area contributed by atoms with Gasteiger partial charge < -0.3 is 13.5 Å². The van der Waals surface area contributed by atoms with E-state index in [1.165, 1.54) is 0 Å². The maximum absolute atomic E-state index is 14.1. The molecule has 1 aromatic carbocycles. The van der Waals surface area contributed by atoms with E-state index in [0.717, 1.165) is 21.9 Å². The Bertz CT molecular complexity index is 1080. The van der Waals surface area contributed by atoms with Gasteiger partial charge in [0.1, 0.15) is 25.4 Å². The van der Waals surface area contributed by atoms with Gasteiger partial charge in [-0.1, -0.05) is 12.1 Å². The molecule has 3 rings (SSSR count). The average molecular weight is 402 g/mol. The van der Waals surface area contributed by atoms with Gasteiger partial charge in [0, 0.05) is 17.0 Å². The molecule has 0 amide bonds. The zero-order valence-electron chi connectivity index (χ0n) is 17.6. The zero-order chi connectivity index (χ0) is 20.6. The summed E-state index contributed by atoms with van der Waals surface area (Å²) in [6, 6.07) is 11.7. The fraction of sp³-hybridized carbons (Fsp3) is 0.409. The lowest BCUT2D eigenvalue weighted by molar-refractivity contribution is 0.150. The van der Waals surface area contributed by atoms with Gasteiger partial charge in [-0.3, -0.25) is 4.57 Å². The van der Waals surface area contributed by atoms with E-state index in [9.17, 15) is 4.57 Å². The van der Waals surface area contributed by atoms with Crippen LogP contribution in [0.2, 0.25) is 0 Å². The van der Waals surface area contributed by atoms with Gasteiger partial charge in [0.15, 0.2) is 0 Å². The fourth-order valence-electron chi connectivity index (χ4n) is 3.22. The summed E-state index contributed by atoms with van der Waals surface area (Å²) in [5.41, 5.74) is 2.47. The molecule has 0 saturated carbocycles. The molecule has 5 nitrogen and oxygen atoms in total. The summed E-state index contributed by atoms with van der Waals surface area (Å²) in [6.07, 6.45) is -0.503. The lowest BCUT2D eigenvalue weighted by Gasteiger charge is -2.26. The first-order valence-electron chi connectivity index (χ1n) is 9.55. The average Bonchev–Trinajstić information content (AvgIpc) is 2.57. The highest BCUT2D eigenvalue weighted by atomic mass is 31.2. The largest absolute Gasteiger partial charge is 0.456 e. The third kappa shape index (κ3) is 4.07. The normalized spacial score (nSPS) is 12.5. The summed E-state index contributed by atoms with van der Waals surface area (Å²) in [4.78, 5) is 0. The van der Waals surface area contributed by atoms with Crippen molar-refractivity contribution in [2.45, 2.75) is 46.8 Å². The van der Waals surface area contributed by atoms with Crippen LogP contribution in [0.4, 0.5) is 0 Å². The van der Waals surface area contributed by atoms with E-state index in [-0.39, 0.29) is 12.2 Å². The Labute approximate surface area is 166 Å². The van der Waals surface area contributed by atoms with Crippen molar-refractivity contribution in [2.24, 2.45) is 0 Å². The highest BCUT2D eigenvalue weighted by Gasteiger charge is 2.36. The molecule has 1 aromatic rings. The van der Waals surface area contributed by atoms with Crippen LogP contribution in [0.5, 0.6) is 0 Å². The minimum absolute atomic E-state index is 0.252. The highest BCUT2D eigenvalue weighted by molar-refractivity contribution is 7.63. The van der Waals surface area contributed by atoms with E-state index in [1.54, 1.807) is 0 Å². The predicted molar refractivity (Wildman–Crippen MR) is 114 cm³/mol. The maximum atomic E-state index is 14.1. The number of fused-ring (bicyclic) bond motifs is 2. The van der Waals surface area contributed by atoms with Crippen LogP contribution >= 0.6 is 7.60 Å². The van der Waals surface area contributed by atoms with Crippen LogP contribution in [0.1, 0.15) is 33.3 Å². The number of hydrogen-bond acceptors (Lipinski definition) is 4. The lowest BCUT2D eigenvalue weighted by atomic mass is 10.1. The molecule has 0 unspecified atom stereocenters. The topological polar surface area (TPSA) is 51.7 Å². The van der Waals surface area contributed by atoms with Gasteiger partial charge in [-0.25, -0.2) is 4.58 Å². The fourth-order valence-corrected chi connectivity index (χ4v) is 5.55. The van der Waals surface area contributed by atoms with E-state index in [0.29, 0.717) is 16.6 Å². The number of benzene rings is 2. The Kier molecular flexibility index (Phi) is 5.81. The summed E-state index contributed by atoms with van der Waals surface area (Å²) < 4.78 is 34.2. The minimum Gasteiger partial charge on any atom is -0.456 e. The number of nitrogens with zero attached hydrogens (tertiary/aromatic N) is 1. The molecule has 0 fully saturated rings. The third-order valence-electron chi connectivity index (χ3n) is 4.32. The van der Waals surface area contributed by atoms with Crippen molar-refractivity contribution >= 4 is 23.9 Å². The minimum atomic E-state index is -3.60. The molecule has 0 atom stereocenters. The number of rotatable bonds is 5. The zero-order valence-corrected chi connectivity index (χ0v) is 18.5. The van der Waals surface area contributed by atoms with Crippen molar-refractivity contribution < 1.29 is 18.0 Å². The van der Waals surface area contributed by atoms with Gasteiger partial charge >= 0.3 is 7.60 Å². The van der Waals surface area contributed by atoms with Crippen LogP contribution in [0.25, 0.3) is 22.3 Å². The SMILES string of the molecule is Cc1ccc2c(P(=O)(OC(C)C)OC(C)C)c3ccc(=[N+](C)C)cc-3oc2c1. The van der Waals surface area contributed by atoms with Crippen LogP contribution in [-0.4, -0.2) is 26.3 Å². The second-order valence-electron chi connectivity index (χ2n) is 7.83. The van der Waals surface area contributed by atoms with Gasteiger partial charge in [0.05, 0.1) is 23.6 Å². The molecule has 28 heavy (non-hydrogen) atoms. The first-order chi connectivity index (χ1) is 13.1. The van der Waals surface area contributed by atoms with Gasteiger partial charge in [-0.05, 0) is 52.3 Å². The van der Waals surface area contributed by atoms with Crippen molar-refractivity contribution in [1.82, 2.24) is 4.58 Å². The molecule has 1 aliphatic carbocycles. The smallest absolute Gasteiger partial charge is 0.363 e. The van der Waals surface area contributed by atoms with E-state index >= 15 is 0 Å². The summed E-state index contributed by atoms with van der Waals surface area (Å²) in [6.45, 7) is 9.46. The molecule has 0 bridgehead atoms. The summed E-state index contributed by atoms with van der Waals surface area (Å²) in [5.74, 6) is 0.652. The highest BCUT2D eigenvalue weighted by Crippen LogP contribution is 2.53. The van der Waals surface area contributed by atoms with Crippen LogP contribution in [-0.2, 0) is 13.6 Å². The van der Waals surface area contributed by atoms with Gasteiger partial charge in [0.2, 0.25) is 5.36 Å². The first-order valence-corrected chi connectivity index (χ1v) is 11.1. The van der Waals surface area contributed by atoms with Crippen molar-refractivity contribution in [3.63, 3.8) is 0 Å². The van der Waals surface area contributed by atoms with Crippen LogP contribution < -0.4 is 15.2 Å². The van der Waals surface area contributed by atoms with Gasteiger partial charge in [-0.15, -0.1) is 0 Å². The van der Waals surface area contributed by atoms with Crippen molar-refractivity contribution in [3.8, 4) is 11.3 Å². The Hall–Kier alpha value is -1.94. The predicted octanol–water partition coefficient (Wildman–Crippen LogP) is 4.55. The molecule has 1 aliphatic heterocycles. The second-order valence-corrected chi connectivity index (χ2v) is 9.69. The summed E-state index contributed by atoms with van der Waals surface area (Å²) in [7, 11) is 0.346. The van der Waals surface area contributed by atoms with E-state index < -0.39 is 7.60 Å². The Morgan fingerprint density at radius 3 is 2.18 bits per heavy atom. The maximum Gasteiger partial charge on any atom is 0.363 e. The molecule has 2 aliphatic rings. The molecule has 0 spiro atoms. The molecular weight excluding hydrogens is 373 g/mol. The van der Waals surface area contributed by atoms with Crippen LogP contribution in [0.3, 0.4) is 0 Å². The Balaban J connectivity index is 2.46. The molecule has 0 aromatic heterocycles. The molecule has 0 radical (unpaired) electrons. The second kappa shape index (κ2) is 7.82. The summed E-state index contributed by atoms with van der Waals surface area (Å²) in [5, 5.41) is 2.32. The molecule has 0 saturated heterocycles. The third-order valence-corrected chi connectivity index (χ3v) is 6.75. The van der Waals surface area contributed by atoms with E-state index in [2.05, 4.69) is 0 Å². The van der Waals surface area contributed by atoms with E-state index in [4.69, 9.17) is 13.5 Å². The van der Waals surface area contributed by atoms with Crippen LogP contribution in [0, 0.1) is 6.92 Å². The molecule has 6 heteroatoms. The van der Waals surface area contributed by atoms with Gasteiger partial charge in [0.25, 0.3) is 0 Å². The summed E-state index contributed by atoms with van der Waals surface area (Å²) >= 11 is 0. The quantitative estimate of drug-likeness (QED) is 0.357. The van der Waals surface area contributed by atoms with Crippen molar-refractivity contribution in [1.29, 1.82) is 0 Å². The van der Waals surface area contributed by atoms with Gasteiger partial charge in [-0.2, -0.15) is 0 Å². The van der Waals surface area contributed by atoms with Crippen LogP contribution in [0.15, 0.2) is 40.8 Å².